The molecule has 10 rings (SSSR count). The Morgan fingerprint density at radius 1 is 0.297 bits per heavy atom. The summed E-state index contributed by atoms with van der Waals surface area (Å²) in [5.41, 5.74) is 15.9. The summed E-state index contributed by atoms with van der Waals surface area (Å²) in [6.07, 6.45) is 33.5. The van der Waals surface area contributed by atoms with Gasteiger partial charge in [0.2, 0.25) is 0 Å². The minimum atomic E-state index is -0.109. The van der Waals surface area contributed by atoms with Crippen LogP contribution in [0, 0.1) is 78.0 Å². The Hall–Kier alpha value is -8.26. The third-order valence-electron chi connectivity index (χ3n) is 12.0. The van der Waals surface area contributed by atoms with Crippen molar-refractivity contribution in [3.8, 4) is 47.4 Å². The van der Waals surface area contributed by atoms with Crippen molar-refractivity contribution in [1.29, 1.82) is 0 Å². The average Bonchev–Trinajstić information content (AvgIpc) is 4.21. The Bertz CT molecular complexity index is 3140. The average molecular weight is 813 g/mol. The molecular weight excluding hydrogens is 769 g/mol. The number of rotatable bonds is 5. The quantitative estimate of drug-likeness (QED) is 0.155. The predicted octanol–water partition coefficient (Wildman–Crippen LogP) is 13.7. The van der Waals surface area contributed by atoms with Crippen LogP contribution in [0.4, 0.5) is 0 Å². The lowest BCUT2D eigenvalue weighted by molar-refractivity contribution is 1.13. The maximum atomic E-state index is 3.44. The second-order valence-corrected chi connectivity index (χ2v) is 16.5. The fourth-order valence-corrected chi connectivity index (χ4v) is 8.70. The Balaban J connectivity index is 1.17. The maximum absolute atomic E-state index is 3.44. The third-order valence-corrected chi connectivity index (χ3v) is 12.0. The van der Waals surface area contributed by atoms with Crippen LogP contribution in [0.5, 0.6) is 0 Å². The molecule has 1 atom stereocenters. The lowest BCUT2D eigenvalue weighted by Gasteiger charge is -2.22. The van der Waals surface area contributed by atoms with Gasteiger partial charge in [0.25, 0.3) is 0 Å². The van der Waals surface area contributed by atoms with Crippen LogP contribution in [0.3, 0.4) is 0 Å². The summed E-state index contributed by atoms with van der Waals surface area (Å²) in [5, 5.41) is 0. The maximum Gasteiger partial charge on any atom is 0.0573 e. The molecule has 0 fully saturated rings. The minimum absolute atomic E-state index is 0.109. The molecule has 0 nitrogen and oxygen atoms in total. The minimum Gasteiger partial charge on any atom is -0.0861 e. The van der Waals surface area contributed by atoms with Gasteiger partial charge < -0.3 is 0 Å². The highest BCUT2D eigenvalue weighted by Gasteiger charge is 2.37. The molecule has 5 aromatic rings. The van der Waals surface area contributed by atoms with E-state index in [2.05, 4.69) is 273 Å². The molecule has 0 heterocycles. The highest BCUT2D eigenvalue weighted by atomic mass is 14.4. The zero-order valence-electron chi connectivity index (χ0n) is 35.7. The lowest BCUT2D eigenvalue weighted by atomic mass is 9.80. The molecule has 300 valence electrons. The molecule has 0 saturated carbocycles. The van der Waals surface area contributed by atoms with Gasteiger partial charge in [-0.1, -0.05) is 223 Å². The Kier molecular flexibility index (Phi) is 11.4. The number of hydrogen-bond acceptors (Lipinski definition) is 0. The van der Waals surface area contributed by atoms with Crippen LogP contribution in [0.2, 0.25) is 0 Å². The van der Waals surface area contributed by atoms with Crippen molar-refractivity contribution in [2.24, 2.45) is 23.7 Å². The van der Waals surface area contributed by atoms with Gasteiger partial charge in [-0.3, -0.25) is 0 Å². The van der Waals surface area contributed by atoms with E-state index in [1.807, 2.05) is 0 Å². The zero-order chi connectivity index (χ0) is 43.1. The highest BCUT2D eigenvalue weighted by molar-refractivity contribution is 6.29. The van der Waals surface area contributed by atoms with E-state index in [9.17, 15) is 0 Å². The molecule has 0 heteroatoms. The second kappa shape index (κ2) is 18.4. The summed E-state index contributed by atoms with van der Waals surface area (Å²) in [6.45, 7) is 2.15. The number of hydrogen-bond donors (Lipinski definition) is 0. The van der Waals surface area contributed by atoms with E-state index in [0.717, 1.165) is 38.9 Å². The van der Waals surface area contributed by atoms with Crippen LogP contribution in [-0.2, 0) is 0 Å². The summed E-state index contributed by atoms with van der Waals surface area (Å²) >= 11 is 0. The van der Waals surface area contributed by atoms with Gasteiger partial charge in [0, 0.05) is 28.2 Å². The van der Waals surface area contributed by atoms with Crippen molar-refractivity contribution in [3.63, 3.8) is 0 Å². The molecule has 5 aliphatic carbocycles. The van der Waals surface area contributed by atoms with Crippen molar-refractivity contribution >= 4 is 22.3 Å². The molecule has 64 heavy (non-hydrogen) atoms. The van der Waals surface area contributed by atoms with Gasteiger partial charge in [-0.05, 0) is 106 Å². The molecule has 0 amide bonds. The van der Waals surface area contributed by atoms with E-state index in [1.165, 1.54) is 39.0 Å². The van der Waals surface area contributed by atoms with E-state index in [-0.39, 0.29) is 29.6 Å². The number of aryl methyl sites for hydroxylation is 1. The Morgan fingerprint density at radius 3 is 0.875 bits per heavy atom. The molecule has 5 aromatic carbocycles. The largest absolute Gasteiger partial charge is 0.0861 e. The molecule has 0 spiro atoms. The van der Waals surface area contributed by atoms with E-state index in [0.29, 0.717) is 0 Å². The molecule has 0 aliphatic heterocycles. The molecule has 5 aliphatic rings. The highest BCUT2D eigenvalue weighted by Crippen LogP contribution is 2.58. The molecule has 0 bridgehead atoms. The van der Waals surface area contributed by atoms with Crippen LogP contribution in [-0.4, -0.2) is 0 Å². The van der Waals surface area contributed by atoms with Gasteiger partial charge in [0.05, 0.1) is 23.7 Å². The van der Waals surface area contributed by atoms with Crippen LogP contribution >= 0.6 is 0 Å². The van der Waals surface area contributed by atoms with Crippen LogP contribution in [0.25, 0.3) is 22.3 Å². The first-order valence-electron chi connectivity index (χ1n) is 22.0. The normalized spacial score (nSPS) is 17.2. The van der Waals surface area contributed by atoms with E-state index >= 15 is 0 Å². The number of benzene rings is 5. The fraction of sp³-hybridized carbons (Fsp3) is 0.0938. The molecule has 0 aromatic heterocycles. The molecule has 0 radical (unpaired) electrons. The Labute approximate surface area is 378 Å². The predicted molar refractivity (Wildman–Crippen MR) is 268 cm³/mol. The van der Waals surface area contributed by atoms with Crippen molar-refractivity contribution in [2.75, 3.05) is 0 Å². The first kappa shape index (κ1) is 39.9. The lowest BCUT2D eigenvalue weighted by Crippen LogP contribution is -2.04. The topological polar surface area (TPSA) is 0 Å². The van der Waals surface area contributed by atoms with Gasteiger partial charge >= 0.3 is 0 Å². The number of allylic oxidation sites excluding steroid dienone is 20. The Morgan fingerprint density at radius 2 is 0.562 bits per heavy atom. The van der Waals surface area contributed by atoms with Crippen molar-refractivity contribution < 1.29 is 0 Å². The van der Waals surface area contributed by atoms with Crippen LogP contribution in [0.1, 0.15) is 61.6 Å². The monoisotopic (exact) mass is 812 g/mol. The van der Waals surface area contributed by atoms with Gasteiger partial charge in [-0.2, -0.15) is 0 Å². The smallest absolute Gasteiger partial charge is 0.0573 e. The molecule has 1 unspecified atom stereocenters. The first-order valence-corrected chi connectivity index (χ1v) is 22.0. The standard InChI is InChI=1S/C64H44/c1-46-18-36-55(37-19-46)60-61(56-38-28-51(29-39-56)24-20-47-10-2-3-11-47)63(58-42-32-53(33-43-58)26-22-49-14-6-7-15-49)64(59-44-34-54(35-45-59)27-23-50-16-8-9-17-50)62(60)57-40-30-52(31-41-57)25-21-48-12-4-5-13-48/h2-19,28-45,47-50,61H,1H3. The van der Waals surface area contributed by atoms with E-state index in [1.54, 1.807) is 0 Å². The SMILES string of the molecule is Cc1ccc(C2=C(c3ccc(C#CC4C=CC=C4)cc3)C(c3ccc(C#CC4C=CC=C4)cc3)=C(c3ccc(C#CC4C=CC=C4)cc3)C2c2ccc(C#CC3C=CC=C3)cc2)cc1. The van der Waals surface area contributed by atoms with Gasteiger partial charge in [-0.25, -0.2) is 0 Å². The van der Waals surface area contributed by atoms with E-state index in [4.69, 9.17) is 0 Å². The van der Waals surface area contributed by atoms with Crippen molar-refractivity contribution in [2.45, 2.75) is 12.8 Å². The van der Waals surface area contributed by atoms with Crippen LogP contribution in [0.15, 0.2) is 219 Å². The summed E-state index contributed by atoms with van der Waals surface area (Å²) in [6, 6.07) is 44.5. The van der Waals surface area contributed by atoms with Crippen molar-refractivity contribution in [3.05, 3.63) is 274 Å². The third kappa shape index (κ3) is 8.88. The second-order valence-electron chi connectivity index (χ2n) is 16.5. The first-order chi connectivity index (χ1) is 31.6. The van der Waals surface area contributed by atoms with Crippen LogP contribution < -0.4 is 0 Å². The van der Waals surface area contributed by atoms with Crippen molar-refractivity contribution in [1.82, 2.24) is 0 Å². The summed E-state index contributed by atoms with van der Waals surface area (Å²) < 4.78 is 0. The van der Waals surface area contributed by atoms with Gasteiger partial charge in [-0.15, -0.1) is 0 Å². The molecule has 0 N–H and O–H groups in total. The molecule has 0 saturated heterocycles. The van der Waals surface area contributed by atoms with Gasteiger partial charge in [0.1, 0.15) is 0 Å². The molecular formula is C64H44. The summed E-state index contributed by atoms with van der Waals surface area (Å²) in [4.78, 5) is 0. The zero-order valence-corrected chi connectivity index (χ0v) is 35.7. The van der Waals surface area contributed by atoms with Gasteiger partial charge in [0.15, 0.2) is 0 Å². The summed E-state index contributed by atoms with van der Waals surface area (Å²) in [7, 11) is 0. The van der Waals surface area contributed by atoms with E-state index < -0.39 is 0 Å². The fourth-order valence-electron chi connectivity index (χ4n) is 8.70. The summed E-state index contributed by atoms with van der Waals surface area (Å²) in [5.74, 6) is 27.9.